The molecule has 1 aromatic heterocycles. The monoisotopic (exact) mass is 250 g/mol. The smallest absolute Gasteiger partial charge is 0.125 e. The molecule has 0 aliphatic rings. The van der Waals surface area contributed by atoms with E-state index in [0.29, 0.717) is 11.6 Å². The van der Waals surface area contributed by atoms with E-state index in [1.54, 1.807) is 18.5 Å². The molecule has 0 atom stereocenters. The van der Waals surface area contributed by atoms with Crippen molar-refractivity contribution in [2.75, 3.05) is 5.32 Å². The quantitative estimate of drug-likeness (QED) is 0.896. The molecule has 0 fully saturated rings. The molecule has 2 aromatic rings. The van der Waals surface area contributed by atoms with Crippen molar-refractivity contribution in [2.45, 2.75) is 13.5 Å². The second-order valence-electron chi connectivity index (χ2n) is 3.88. The van der Waals surface area contributed by atoms with Crippen LogP contribution in [0, 0.1) is 12.7 Å². The SMILES string of the molecule is Cc1cncc(NCc2cc(F)cc(Cl)c2)c1. The van der Waals surface area contributed by atoms with E-state index in [9.17, 15) is 4.39 Å². The van der Waals surface area contributed by atoms with E-state index in [1.807, 2.05) is 13.0 Å². The molecular formula is C13H12ClFN2. The molecule has 0 amide bonds. The van der Waals surface area contributed by atoms with Crippen LogP contribution >= 0.6 is 11.6 Å². The maximum Gasteiger partial charge on any atom is 0.125 e. The highest BCUT2D eigenvalue weighted by Gasteiger charge is 2.00. The topological polar surface area (TPSA) is 24.9 Å². The Morgan fingerprint density at radius 2 is 2.06 bits per heavy atom. The Bertz CT molecular complexity index is 508. The third-order valence-corrected chi connectivity index (χ3v) is 2.51. The van der Waals surface area contributed by atoms with Gasteiger partial charge in [0, 0.05) is 24.0 Å². The molecule has 2 nitrogen and oxygen atoms in total. The molecular weight excluding hydrogens is 239 g/mol. The second kappa shape index (κ2) is 5.15. The van der Waals surface area contributed by atoms with Crippen LogP contribution in [0.1, 0.15) is 11.1 Å². The molecule has 17 heavy (non-hydrogen) atoms. The van der Waals surface area contributed by atoms with Crippen LogP contribution in [0.5, 0.6) is 0 Å². The first kappa shape index (κ1) is 11.9. The summed E-state index contributed by atoms with van der Waals surface area (Å²) in [4.78, 5) is 4.07. The van der Waals surface area contributed by atoms with E-state index in [0.717, 1.165) is 16.8 Å². The normalized spacial score (nSPS) is 10.3. The van der Waals surface area contributed by atoms with Gasteiger partial charge in [-0.1, -0.05) is 11.6 Å². The number of aromatic nitrogens is 1. The highest BCUT2D eigenvalue weighted by Crippen LogP contribution is 2.15. The lowest BCUT2D eigenvalue weighted by Crippen LogP contribution is -2.00. The molecule has 0 unspecified atom stereocenters. The fourth-order valence-corrected chi connectivity index (χ4v) is 1.81. The second-order valence-corrected chi connectivity index (χ2v) is 4.32. The van der Waals surface area contributed by atoms with Gasteiger partial charge in [0.15, 0.2) is 0 Å². The number of nitrogens with one attached hydrogen (secondary N) is 1. The van der Waals surface area contributed by atoms with Gasteiger partial charge in [0.25, 0.3) is 0 Å². The zero-order valence-electron chi connectivity index (χ0n) is 9.37. The zero-order valence-corrected chi connectivity index (χ0v) is 10.1. The lowest BCUT2D eigenvalue weighted by atomic mass is 10.2. The van der Waals surface area contributed by atoms with E-state index in [-0.39, 0.29) is 5.82 Å². The van der Waals surface area contributed by atoms with Gasteiger partial charge in [0.2, 0.25) is 0 Å². The van der Waals surface area contributed by atoms with Gasteiger partial charge in [-0.2, -0.15) is 0 Å². The summed E-state index contributed by atoms with van der Waals surface area (Å²) in [5.74, 6) is -0.323. The minimum Gasteiger partial charge on any atom is -0.380 e. The minimum atomic E-state index is -0.323. The number of benzene rings is 1. The summed E-state index contributed by atoms with van der Waals surface area (Å²) in [7, 11) is 0. The molecule has 0 aliphatic carbocycles. The van der Waals surface area contributed by atoms with Crippen molar-refractivity contribution in [3.63, 3.8) is 0 Å². The molecule has 1 aromatic carbocycles. The van der Waals surface area contributed by atoms with E-state index in [1.165, 1.54) is 12.1 Å². The third-order valence-electron chi connectivity index (χ3n) is 2.29. The van der Waals surface area contributed by atoms with Crippen LogP contribution in [0.25, 0.3) is 0 Å². The van der Waals surface area contributed by atoms with Gasteiger partial charge in [-0.3, -0.25) is 4.98 Å². The third kappa shape index (κ3) is 3.43. The van der Waals surface area contributed by atoms with Gasteiger partial charge < -0.3 is 5.32 Å². The molecule has 0 saturated heterocycles. The highest BCUT2D eigenvalue weighted by atomic mass is 35.5. The summed E-state index contributed by atoms with van der Waals surface area (Å²) in [5.41, 5.74) is 2.79. The predicted molar refractivity (Wildman–Crippen MR) is 67.7 cm³/mol. The summed E-state index contributed by atoms with van der Waals surface area (Å²) >= 11 is 5.78. The molecule has 4 heteroatoms. The number of anilines is 1. The van der Waals surface area contributed by atoms with Crippen LogP contribution in [0.2, 0.25) is 5.02 Å². The maximum atomic E-state index is 13.1. The van der Waals surface area contributed by atoms with Gasteiger partial charge in [0.1, 0.15) is 5.82 Å². The van der Waals surface area contributed by atoms with E-state index < -0.39 is 0 Å². The van der Waals surface area contributed by atoms with Crippen LogP contribution in [0.15, 0.2) is 36.7 Å². The maximum absolute atomic E-state index is 13.1. The van der Waals surface area contributed by atoms with Crippen LogP contribution in [-0.4, -0.2) is 4.98 Å². The average molecular weight is 251 g/mol. The highest BCUT2D eigenvalue weighted by molar-refractivity contribution is 6.30. The molecule has 2 rings (SSSR count). The largest absolute Gasteiger partial charge is 0.380 e. The van der Waals surface area contributed by atoms with Crippen molar-refractivity contribution in [1.82, 2.24) is 4.98 Å². The van der Waals surface area contributed by atoms with Crippen LogP contribution in [0.3, 0.4) is 0 Å². The summed E-state index contributed by atoms with van der Waals surface area (Å²) < 4.78 is 13.1. The Labute approximate surface area is 104 Å². The minimum absolute atomic E-state index is 0.323. The molecule has 0 radical (unpaired) electrons. The fraction of sp³-hybridized carbons (Fsp3) is 0.154. The van der Waals surface area contributed by atoms with Gasteiger partial charge in [-0.25, -0.2) is 4.39 Å². The number of nitrogens with zero attached hydrogens (tertiary/aromatic N) is 1. The van der Waals surface area contributed by atoms with Gasteiger partial charge in [-0.15, -0.1) is 0 Å². The number of rotatable bonds is 3. The summed E-state index contributed by atoms with van der Waals surface area (Å²) in [5, 5.41) is 3.58. The predicted octanol–water partition coefficient (Wildman–Crippen LogP) is 3.79. The summed E-state index contributed by atoms with van der Waals surface area (Å²) in [6.45, 7) is 2.49. The first-order chi connectivity index (χ1) is 8.13. The molecule has 0 bridgehead atoms. The van der Waals surface area contributed by atoms with E-state index >= 15 is 0 Å². The molecule has 0 spiro atoms. The molecule has 88 valence electrons. The Kier molecular flexibility index (Phi) is 3.59. The van der Waals surface area contributed by atoms with E-state index in [2.05, 4.69) is 10.3 Å². The Hall–Kier alpha value is -1.61. The number of pyridine rings is 1. The number of hydrogen-bond donors (Lipinski definition) is 1. The van der Waals surface area contributed by atoms with Crippen molar-refractivity contribution in [3.8, 4) is 0 Å². The number of hydrogen-bond acceptors (Lipinski definition) is 2. The van der Waals surface area contributed by atoms with Crippen molar-refractivity contribution < 1.29 is 4.39 Å². The van der Waals surface area contributed by atoms with Gasteiger partial charge in [0.05, 0.1) is 5.69 Å². The summed E-state index contributed by atoms with van der Waals surface area (Å²) in [6, 6.07) is 6.47. The Morgan fingerprint density at radius 3 is 2.76 bits per heavy atom. The van der Waals surface area contributed by atoms with Crippen LogP contribution in [0.4, 0.5) is 10.1 Å². The van der Waals surface area contributed by atoms with Crippen molar-refractivity contribution in [1.29, 1.82) is 0 Å². The zero-order chi connectivity index (χ0) is 12.3. The standard InChI is InChI=1S/C13H12ClFN2/c1-9-2-13(8-16-6-9)17-7-10-3-11(14)5-12(15)4-10/h2-6,8,17H,7H2,1H3. The first-order valence-corrected chi connectivity index (χ1v) is 5.62. The molecule has 0 saturated carbocycles. The van der Waals surface area contributed by atoms with Crippen molar-refractivity contribution in [2.24, 2.45) is 0 Å². The van der Waals surface area contributed by atoms with Crippen molar-refractivity contribution >= 4 is 17.3 Å². The lowest BCUT2D eigenvalue weighted by molar-refractivity contribution is 0.626. The van der Waals surface area contributed by atoms with Crippen LogP contribution in [-0.2, 0) is 6.54 Å². The Balaban J connectivity index is 2.07. The van der Waals surface area contributed by atoms with Gasteiger partial charge in [-0.05, 0) is 42.3 Å². The van der Waals surface area contributed by atoms with Crippen LogP contribution < -0.4 is 5.32 Å². The number of aryl methyl sites for hydroxylation is 1. The molecule has 1 heterocycles. The van der Waals surface area contributed by atoms with Crippen molar-refractivity contribution in [3.05, 3.63) is 58.6 Å². The fourth-order valence-electron chi connectivity index (χ4n) is 1.57. The van der Waals surface area contributed by atoms with E-state index in [4.69, 9.17) is 11.6 Å². The lowest BCUT2D eigenvalue weighted by Gasteiger charge is -2.07. The molecule has 0 aliphatic heterocycles. The first-order valence-electron chi connectivity index (χ1n) is 5.24. The van der Waals surface area contributed by atoms with Gasteiger partial charge >= 0.3 is 0 Å². The average Bonchev–Trinajstić information content (AvgIpc) is 2.25. The number of halogens is 2. The summed E-state index contributed by atoms with van der Waals surface area (Å²) in [6.07, 6.45) is 3.51. The molecule has 1 N–H and O–H groups in total. The Morgan fingerprint density at radius 1 is 1.24 bits per heavy atom.